The maximum Gasteiger partial charge on any atom is 0.139 e. The minimum Gasteiger partial charge on any atom is -0.378 e. The summed E-state index contributed by atoms with van der Waals surface area (Å²) in [6.45, 7) is 7.02. The van der Waals surface area contributed by atoms with Gasteiger partial charge < -0.3 is 14.2 Å². The van der Waals surface area contributed by atoms with Crippen molar-refractivity contribution < 1.29 is 9.13 Å². The summed E-state index contributed by atoms with van der Waals surface area (Å²) >= 11 is 0. The smallest absolute Gasteiger partial charge is 0.139 e. The highest BCUT2D eigenvalue weighted by Gasteiger charge is 2.21. The van der Waals surface area contributed by atoms with Crippen molar-refractivity contribution in [2.75, 3.05) is 31.2 Å². The molecule has 0 radical (unpaired) electrons. The van der Waals surface area contributed by atoms with E-state index >= 15 is 0 Å². The number of rotatable bonds is 3. The molecule has 0 unspecified atom stereocenters. The summed E-state index contributed by atoms with van der Waals surface area (Å²) < 4.78 is 22.1. The lowest BCUT2D eigenvalue weighted by Gasteiger charge is -2.32. The van der Waals surface area contributed by atoms with Gasteiger partial charge in [-0.25, -0.2) is 9.37 Å². The number of imidazole rings is 1. The van der Waals surface area contributed by atoms with Gasteiger partial charge in [0.15, 0.2) is 0 Å². The van der Waals surface area contributed by atoms with Crippen LogP contribution in [0.25, 0.3) is 11.4 Å². The summed E-state index contributed by atoms with van der Waals surface area (Å²) in [6.07, 6.45) is 3.61. The zero-order valence-corrected chi connectivity index (χ0v) is 13.3. The largest absolute Gasteiger partial charge is 0.378 e. The van der Waals surface area contributed by atoms with E-state index in [4.69, 9.17) is 4.74 Å². The van der Waals surface area contributed by atoms with Crippen molar-refractivity contribution in [3.8, 4) is 11.4 Å². The number of benzene rings is 1. The first-order valence-electron chi connectivity index (χ1n) is 7.71. The Morgan fingerprint density at radius 2 is 1.95 bits per heavy atom. The second-order valence-corrected chi connectivity index (χ2v) is 6.01. The topological polar surface area (TPSA) is 30.3 Å². The predicted molar refractivity (Wildman–Crippen MR) is 85.7 cm³/mol. The highest BCUT2D eigenvalue weighted by molar-refractivity contribution is 5.68. The monoisotopic (exact) mass is 303 g/mol. The zero-order chi connectivity index (χ0) is 15.7. The molecule has 1 aromatic carbocycles. The lowest BCUT2D eigenvalue weighted by atomic mass is 9.97. The standard InChI is InChI=1S/C17H22FN3O/c1-12(2)16-14(18)10-13(17-19-4-5-20(17)3)11-15(16)21-6-8-22-9-7-21/h4-5,10-12H,6-9H2,1-3H3. The number of nitrogens with zero attached hydrogens (tertiary/aromatic N) is 3. The van der Waals surface area contributed by atoms with Gasteiger partial charge in [0.2, 0.25) is 0 Å². The molecule has 1 aliphatic rings. The average molecular weight is 303 g/mol. The van der Waals surface area contributed by atoms with Gasteiger partial charge in [-0.2, -0.15) is 0 Å². The molecule has 118 valence electrons. The molecular formula is C17H22FN3O. The first kappa shape index (κ1) is 15.0. The van der Waals surface area contributed by atoms with Crippen LogP contribution in [-0.2, 0) is 11.8 Å². The molecular weight excluding hydrogens is 281 g/mol. The van der Waals surface area contributed by atoms with Crippen LogP contribution in [0.1, 0.15) is 25.3 Å². The van der Waals surface area contributed by atoms with Crippen LogP contribution < -0.4 is 4.90 Å². The van der Waals surface area contributed by atoms with Crippen LogP contribution in [0.3, 0.4) is 0 Å². The maximum absolute atomic E-state index is 14.7. The number of ether oxygens (including phenoxy) is 1. The number of aromatic nitrogens is 2. The Hall–Kier alpha value is -1.88. The van der Waals surface area contributed by atoms with Crippen molar-refractivity contribution in [2.24, 2.45) is 7.05 Å². The summed E-state index contributed by atoms with van der Waals surface area (Å²) in [5.74, 6) is 0.758. The molecule has 2 heterocycles. The summed E-state index contributed by atoms with van der Waals surface area (Å²) in [4.78, 5) is 6.56. The lowest BCUT2D eigenvalue weighted by Crippen LogP contribution is -2.37. The minimum atomic E-state index is -0.156. The Balaban J connectivity index is 2.11. The number of morpholine rings is 1. The Morgan fingerprint density at radius 1 is 1.23 bits per heavy atom. The molecule has 5 heteroatoms. The Kier molecular flexibility index (Phi) is 4.16. The van der Waals surface area contributed by atoms with Gasteiger partial charge in [-0.1, -0.05) is 13.8 Å². The van der Waals surface area contributed by atoms with E-state index in [1.165, 1.54) is 0 Å². The van der Waals surface area contributed by atoms with Crippen LogP contribution in [-0.4, -0.2) is 35.9 Å². The Bertz CT molecular complexity index is 660. The molecule has 1 saturated heterocycles. The highest BCUT2D eigenvalue weighted by atomic mass is 19.1. The molecule has 0 amide bonds. The normalized spacial score (nSPS) is 15.6. The molecule has 2 aromatic rings. The van der Waals surface area contributed by atoms with Crippen molar-refractivity contribution in [3.63, 3.8) is 0 Å². The summed E-state index contributed by atoms with van der Waals surface area (Å²) in [5.41, 5.74) is 2.56. The molecule has 0 spiro atoms. The summed E-state index contributed by atoms with van der Waals surface area (Å²) in [7, 11) is 1.92. The van der Waals surface area contributed by atoms with E-state index < -0.39 is 0 Å². The first-order chi connectivity index (χ1) is 10.6. The van der Waals surface area contributed by atoms with E-state index in [-0.39, 0.29) is 11.7 Å². The SMILES string of the molecule is CC(C)c1c(F)cc(-c2nccn2C)cc1N1CCOCC1. The van der Waals surface area contributed by atoms with Crippen molar-refractivity contribution in [1.82, 2.24) is 9.55 Å². The first-order valence-corrected chi connectivity index (χ1v) is 7.71. The lowest BCUT2D eigenvalue weighted by molar-refractivity contribution is 0.122. The van der Waals surface area contributed by atoms with E-state index in [0.717, 1.165) is 35.7 Å². The molecule has 1 aromatic heterocycles. The fourth-order valence-electron chi connectivity index (χ4n) is 3.01. The van der Waals surface area contributed by atoms with Crippen LogP contribution in [0.2, 0.25) is 0 Å². The van der Waals surface area contributed by atoms with Crippen LogP contribution in [0.15, 0.2) is 24.5 Å². The molecule has 3 rings (SSSR count). The van der Waals surface area contributed by atoms with Gasteiger partial charge in [0, 0.05) is 49.3 Å². The molecule has 4 nitrogen and oxygen atoms in total. The van der Waals surface area contributed by atoms with Gasteiger partial charge >= 0.3 is 0 Å². The predicted octanol–water partition coefficient (Wildman–Crippen LogP) is 3.19. The van der Waals surface area contributed by atoms with E-state index in [0.29, 0.717) is 13.2 Å². The molecule has 22 heavy (non-hydrogen) atoms. The third-order valence-corrected chi connectivity index (χ3v) is 4.12. The molecule has 0 atom stereocenters. The van der Waals surface area contributed by atoms with Gasteiger partial charge in [-0.3, -0.25) is 0 Å². The Morgan fingerprint density at radius 3 is 2.55 bits per heavy atom. The quantitative estimate of drug-likeness (QED) is 0.872. The number of hydrogen-bond donors (Lipinski definition) is 0. The second kappa shape index (κ2) is 6.08. The van der Waals surface area contributed by atoms with E-state index in [9.17, 15) is 4.39 Å². The third-order valence-electron chi connectivity index (χ3n) is 4.12. The van der Waals surface area contributed by atoms with Crippen molar-refractivity contribution in [1.29, 1.82) is 0 Å². The molecule has 1 fully saturated rings. The van der Waals surface area contributed by atoms with Crippen molar-refractivity contribution in [2.45, 2.75) is 19.8 Å². The average Bonchev–Trinajstić information content (AvgIpc) is 2.93. The number of aryl methyl sites for hydroxylation is 1. The van der Waals surface area contributed by atoms with Crippen LogP contribution in [0.4, 0.5) is 10.1 Å². The fourth-order valence-corrected chi connectivity index (χ4v) is 3.01. The van der Waals surface area contributed by atoms with Crippen LogP contribution in [0.5, 0.6) is 0 Å². The highest BCUT2D eigenvalue weighted by Crippen LogP contribution is 2.34. The molecule has 0 aliphatic carbocycles. The molecule has 0 bridgehead atoms. The van der Waals surface area contributed by atoms with Crippen LogP contribution >= 0.6 is 0 Å². The van der Waals surface area contributed by atoms with Gasteiger partial charge in [-0.15, -0.1) is 0 Å². The van der Waals surface area contributed by atoms with Gasteiger partial charge in [0.05, 0.1) is 13.2 Å². The third kappa shape index (κ3) is 2.73. The Labute approximate surface area is 130 Å². The summed E-state index contributed by atoms with van der Waals surface area (Å²) in [6, 6.07) is 3.66. The van der Waals surface area contributed by atoms with E-state index in [1.807, 2.05) is 31.7 Å². The van der Waals surface area contributed by atoms with Crippen molar-refractivity contribution >= 4 is 5.69 Å². The second-order valence-electron chi connectivity index (χ2n) is 6.01. The van der Waals surface area contributed by atoms with Gasteiger partial charge in [-0.05, 0) is 18.1 Å². The summed E-state index contributed by atoms with van der Waals surface area (Å²) in [5, 5.41) is 0. The van der Waals surface area contributed by atoms with E-state index in [2.05, 4.69) is 16.0 Å². The number of halogens is 1. The van der Waals surface area contributed by atoms with Crippen molar-refractivity contribution in [3.05, 3.63) is 35.9 Å². The molecule has 1 aliphatic heterocycles. The molecule has 0 saturated carbocycles. The number of anilines is 1. The van der Waals surface area contributed by atoms with Gasteiger partial charge in [0.25, 0.3) is 0 Å². The van der Waals surface area contributed by atoms with Gasteiger partial charge in [0.1, 0.15) is 11.6 Å². The fraction of sp³-hybridized carbons (Fsp3) is 0.471. The molecule has 0 N–H and O–H groups in total. The van der Waals surface area contributed by atoms with E-state index in [1.54, 1.807) is 12.3 Å². The minimum absolute atomic E-state index is 0.133. The van der Waals surface area contributed by atoms with Crippen LogP contribution in [0, 0.1) is 5.82 Å². The zero-order valence-electron chi connectivity index (χ0n) is 13.3. The maximum atomic E-state index is 14.7. The number of hydrogen-bond acceptors (Lipinski definition) is 3.